The van der Waals surface area contributed by atoms with Crippen molar-refractivity contribution in [1.29, 1.82) is 0 Å². The molecule has 0 aliphatic heterocycles. The maximum absolute atomic E-state index is 12.4. The summed E-state index contributed by atoms with van der Waals surface area (Å²) in [6.07, 6.45) is 0. The molecule has 0 aliphatic rings. The number of hydrogen-bond acceptors (Lipinski definition) is 4. The van der Waals surface area contributed by atoms with E-state index < -0.39 is 6.04 Å². The summed E-state index contributed by atoms with van der Waals surface area (Å²) < 4.78 is 5.08. The molecule has 0 saturated heterocycles. The largest absolute Gasteiger partial charge is 0.497 e. The van der Waals surface area contributed by atoms with Crippen LogP contribution in [0.25, 0.3) is 0 Å². The summed E-state index contributed by atoms with van der Waals surface area (Å²) in [4.78, 5) is 26.2. The van der Waals surface area contributed by atoms with Crippen LogP contribution in [0.3, 0.4) is 0 Å². The van der Waals surface area contributed by atoms with Gasteiger partial charge < -0.3 is 15.4 Å². The Labute approximate surface area is 158 Å². The van der Waals surface area contributed by atoms with Crippen LogP contribution in [-0.4, -0.2) is 43.5 Å². The minimum Gasteiger partial charge on any atom is -0.497 e. The van der Waals surface area contributed by atoms with Crippen LogP contribution in [0.15, 0.2) is 48.5 Å². The van der Waals surface area contributed by atoms with Crippen molar-refractivity contribution < 1.29 is 14.3 Å². The lowest BCUT2D eigenvalue weighted by atomic mass is 10.2. The highest BCUT2D eigenvalue weighted by molar-refractivity contribution is 6.33. The normalized spacial score (nSPS) is 11.7. The second kappa shape index (κ2) is 9.22. The van der Waals surface area contributed by atoms with Crippen LogP contribution in [0.2, 0.25) is 5.02 Å². The van der Waals surface area contributed by atoms with E-state index in [1.807, 2.05) is 0 Å². The van der Waals surface area contributed by atoms with Gasteiger partial charge in [0.05, 0.1) is 30.4 Å². The molecule has 7 heteroatoms. The number of nitrogens with zero attached hydrogens (tertiary/aromatic N) is 1. The van der Waals surface area contributed by atoms with Gasteiger partial charge in [-0.15, -0.1) is 0 Å². The Bertz CT molecular complexity index is 765. The summed E-state index contributed by atoms with van der Waals surface area (Å²) >= 11 is 6.05. The van der Waals surface area contributed by atoms with E-state index in [-0.39, 0.29) is 18.4 Å². The van der Waals surface area contributed by atoms with Gasteiger partial charge in [0, 0.05) is 5.69 Å². The zero-order valence-corrected chi connectivity index (χ0v) is 15.7. The summed E-state index contributed by atoms with van der Waals surface area (Å²) in [7, 11) is 3.29. The van der Waals surface area contributed by atoms with Gasteiger partial charge >= 0.3 is 0 Å². The molecule has 2 rings (SSSR count). The highest BCUT2D eigenvalue weighted by Crippen LogP contribution is 2.21. The van der Waals surface area contributed by atoms with E-state index in [9.17, 15) is 9.59 Å². The number of rotatable bonds is 7. The van der Waals surface area contributed by atoms with Crippen molar-refractivity contribution in [2.45, 2.75) is 13.0 Å². The predicted octanol–water partition coefficient (Wildman–Crippen LogP) is 3.25. The fourth-order valence-corrected chi connectivity index (χ4v) is 2.42. The zero-order valence-electron chi connectivity index (χ0n) is 15.0. The summed E-state index contributed by atoms with van der Waals surface area (Å²) in [5.74, 6) is 0.262. The molecule has 6 nitrogen and oxygen atoms in total. The number of halogens is 1. The molecule has 1 atom stereocenters. The smallest absolute Gasteiger partial charge is 0.241 e. The second-order valence-electron chi connectivity index (χ2n) is 5.84. The number of benzene rings is 2. The number of carbonyl (C=O) groups is 2. The third-order valence-corrected chi connectivity index (χ3v) is 4.27. The van der Waals surface area contributed by atoms with Crippen LogP contribution in [-0.2, 0) is 9.59 Å². The van der Waals surface area contributed by atoms with Gasteiger partial charge in [-0.1, -0.05) is 23.7 Å². The first-order valence-electron chi connectivity index (χ1n) is 8.10. The number of amides is 2. The number of nitrogens with one attached hydrogen (secondary N) is 2. The quantitative estimate of drug-likeness (QED) is 0.779. The van der Waals surface area contributed by atoms with Crippen molar-refractivity contribution in [3.05, 3.63) is 53.6 Å². The maximum atomic E-state index is 12.4. The van der Waals surface area contributed by atoms with Crippen molar-refractivity contribution in [2.24, 2.45) is 0 Å². The van der Waals surface area contributed by atoms with Crippen LogP contribution >= 0.6 is 11.6 Å². The molecule has 0 unspecified atom stereocenters. The van der Waals surface area contributed by atoms with Crippen molar-refractivity contribution >= 4 is 34.8 Å². The first-order chi connectivity index (χ1) is 12.4. The minimum atomic E-state index is -0.507. The maximum Gasteiger partial charge on any atom is 0.241 e. The van der Waals surface area contributed by atoms with Crippen LogP contribution in [0.1, 0.15) is 6.92 Å². The molecule has 138 valence electrons. The monoisotopic (exact) mass is 375 g/mol. The molecule has 26 heavy (non-hydrogen) atoms. The molecule has 0 saturated carbocycles. The highest BCUT2D eigenvalue weighted by Gasteiger charge is 2.20. The fourth-order valence-electron chi connectivity index (χ4n) is 2.24. The summed E-state index contributed by atoms with van der Waals surface area (Å²) in [6.45, 7) is 1.80. The molecule has 0 aliphatic carbocycles. The van der Waals surface area contributed by atoms with E-state index in [0.717, 1.165) is 0 Å². The van der Waals surface area contributed by atoms with E-state index in [0.29, 0.717) is 22.1 Å². The van der Waals surface area contributed by atoms with Crippen LogP contribution in [0.5, 0.6) is 5.75 Å². The molecule has 0 heterocycles. The third kappa shape index (κ3) is 5.47. The first kappa shape index (κ1) is 19.8. The second-order valence-corrected chi connectivity index (χ2v) is 6.24. The van der Waals surface area contributed by atoms with Crippen molar-refractivity contribution in [3.63, 3.8) is 0 Å². The Balaban J connectivity index is 1.88. The fraction of sp³-hybridized carbons (Fsp3) is 0.263. The Kier molecular flexibility index (Phi) is 7.00. The number of hydrogen-bond donors (Lipinski definition) is 2. The lowest BCUT2D eigenvalue weighted by molar-refractivity contribution is -0.122. The number of ether oxygens (including phenoxy) is 1. The van der Waals surface area contributed by atoms with E-state index >= 15 is 0 Å². The lowest BCUT2D eigenvalue weighted by Crippen LogP contribution is -2.43. The van der Waals surface area contributed by atoms with E-state index in [1.54, 1.807) is 74.5 Å². The van der Waals surface area contributed by atoms with Crippen LogP contribution < -0.4 is 15.4 Å². The number of carbonyl (C=O) groups excluding carboxylic acids is 2. The molecular weight excluding hydrogens is 354 g/mol. The van der Waals surface area contributed by atoms with Gasteiger partial charge in [0.25, 0.3) is 0 Å². The SMILES string of the molecule is COc1ccc(NC(=O)CN(C)[C@H](C)C(=O)Nc2ccccc2Cl)cc1. The molecular formula is C19H22ClN3O3. The average Bonchev–Trinajstić information content (AvgIpc) is 2.63. The van der Waals surface area contributed by atoms with Gasteiger partial charge in [-0.2, -0.15) is 0 Å². The van der Waals surface area contributed by atoms with Gasteiger partial charge in [-0.25, -0.2) is 0 Å². The van der Waals surface area contributed by atoms with Crippen LogP contribution in [0, 0.1) is 0 Å². The van der Waals surface area contributed by atoms with Crippen LogP contribution in [0.4, 0.5) is 11.4 Å². The van der Waals surface area contributed by atoms with Gasteiger partial charge in [-0.05, 0) is 50.4 Å². The first-order valence-corrected chi connectivity index (χ1v) is 8.48. The van der Waals surface area contributed by atoms with Gasteiger partial charge in [0.2, 0.25) is 11.8 Å². The molecule has 0 spiro atoms. The minimum absolute atomic E-state index is 0.0726. The Morgan fingerprint density at radius 3 is 2.38 bits per heavy atom. The highest BCUT2D eigenvalue weighted by atomic mass is 35.5. The summed E-state index contributed by atoms with van der Waals surface area (Å²) in [5.41, 5.74) is 1.21. The predicted molar refractivity (Wildman–Crippen MR) is 104 cm³/mol. The molecule has 2 amide bonds. The number of methoxy groups -OCH3 is 1. The number of anilines is 2. The Morgan fingerprint density at radius 1 is 1.12 bits per heavy atom. The number of para-hydroxylation sites is 1. The van der Waals surface area contributed by atoms with Crippen molar-refractivity contribution in [3.8, 4) is 5.75 Å². The number of likely N-dealkylation sites (N-methyl/N-ethyl adjacent to an activating group) is 1. The average molecular weight is 376 g/mol. The molecule has 0 fully saturated rings. The summed E-state index contributed by atoms with van der Waals surface area (Å²) in [5, 5.41) is 6.02. The molecule has 2 N–H and O–H groups in total. The van der Waals surface area contributed by atoms with Crippen molar-refractivity contribution in [1.82, 2.24) is 4.90 Å². The van der Waals surface area contributed by atoms with Gasteiger partial charge in [0.15, 0.2) is 0 Å². The van der Waals surface area contributed by atoms with E-state index in [4.69, 9.17) is 16.3 Å². The molecule has 0 radical (unpaired) electrons. The Hall–Kier alpha value is -2.57. The van der Waals surface area contributed by atoms with E-state index in [1.165, 1.54) is 0 Å². The lowest BCUT2D eigenvalue weighted by Gasteiger charge is -2.23. The topological polar surface area (TPSA) is 70.7 Å². The molecule has 0 bridgehead atoms. The van der Waals surface area contributed by atoms with Gasteiger partial charge in [0.1, 0.15) is 5.75 Å². The summed E-state index contributed by atoms with van der Waals surface area (Å²) in [6, 6.07) is 13.5. The van der Waals surface area contributed by atoms with E-state index in [2.05, 4.69) is 10.6 Å². The molecule has 2 aromatic carbocycles. The Morgan fingerprint density at radius 2 is 1.77 bits per heavy atom. The van der Waals surface area contributed by atoms with Gasteiger partial charge in [-0.3, -0.25) is 14.5 Å². The standard InChI is InChI=1S/C19H22ClN3O3/c1-13(19(25)22-17-7-5-4-6-16(17)20)23(2)12-18(24)21-14-8-10-15(26-3)11-9-14/h4-11,13H,12H2,1-3H3,(H,21,24)(H,22,25)/t13-/m1/s1. The third-order valence-electron chi connectivity index (χ3n) is 3.94. The van der Waals surface area contributed by atoms with Crippen molar-refractivity contribution in [2.75, 3.05) is 31.3 Å². The molecule has 0 aromatic heterocycles. The molecule has 2 aromatic rings. The zero-order chi connectivity index (χ0) is 19.1.